The quantitative estimate of drug-likeness (QED) is 0.841. The van der Waals surface area contributed by atoms with E-state index in [9.17, 15) is 13.2 Å². The van der Waals surface area contributed by atoms with Gasteiger partial charge in [-0.15, -0.1) is 0 Å². The van der Waals surface area contributed by atoms with Crippen LogP contribution < -0.4 is 4.72 Å². The van der Waals surface area contributed by atoms with Crippen LogP contribution in [0, 0.1) is 5.92 Å². The number of halogens is 2. The second-order valence-electron chi connectivity index (χ2n) is 4.11. The molecule has 0 saturated heterocycles. The lowest BCUT2D eigenvalue weighted by Crippen LogP contribution is -2.29. The van der Waals surface area contributed by atoms with Crippen LogP contribution in [0.4, 0.5) is 0 Å². The number of sulfonamides is 1. The Bertz CT molecular complexity index is 554. The number of carboxylic acid groups (broad SMARTS) is 1. The summed E-state index contributed by atoms with van der Waals surface area (Å²) in [7, 11) is -3.86. The molecule has 0 bridgehead atoms. The number of benzene rings is 1. The highest BCUT2D eigenvalue weighted by Crippen LogP contribution is 2.28. The summed E-state index contributed by atoms with van der Waals surface area (Å²) < 4.78 is 26.4. The largest absolute Gasteiger partial charge is 0.481 e. The smallest absolute Gasteiger partial charge is 0.303 e. The molecule has 0 fully saturated rings. The summed E-state index contributed by atoms with van der Waals surface area (Å²) in [4.78, 5) is 10.3. The third-order valence-corrected chi connectivity index (χ3v) is 4.71. The molecule has 0 amide bonds. The van der Waals surface area contributed by atoms with Gasteiger partial charge in [-0.05, 0) is 18.1 Å². The Labute approximate surface area is 121 Å². The molecule has 106 valence electrons. The van der Waals surface area contributed by atoms with Gasteiger partial charge < -0.3 is 5.11 Å². The van der Waals surface area contributed by atoms with Crippen LogP contribution in [-0.4, -0.2) is 26.0 Å². The number of hydrogen-bond acceptors (Lipinski definition) is 3. The monoisotopic (exact) mass is 325 g/mol. The molecule has 0 saturated carbocycles. The molecule has 0 radical (unpaired) electrons. The van der Waals surface area contributed by atoms with E-state index < -0.39 is 16.0 Å². The molecule has 1 atom stereocenters. The third kappa shape index (κ3) is 4.65. The highest BCUT2D eigenvalue weighted by molar-refractivity contribution is 7.89. The number of nitrogens with one attached hydrogen (secondary N) is 1. The van der Waals surface area contributed by atoms with Crippen molar-refractivity contribution in [3.8, 4) is 0 Å². The SMILES string of the molecule is CC(CNS(=O)(=O)c1c(Cl)cccc1Cl)CC(=O)O. The van der Waals surface area contributed by atoms with Crippen molar-refractivity contribution in [1.82, 2.24) is 4.72 Å². The predicted molar refractivity (Wildman–Crippen MR) is 73.1 cm³/mol. The molecular weight excluding hydrogens is 313 g/mol. The van der Waals surface area contributed by atoms with E-state index in [0.717, 1.165) is 0 Å². The van der Waals surface area contributed by atoms with Gasteiger partial charge in [0.1, 0.15) is 4.90 Å². The number of carbonyl (C=O) groups is 1. The number of aliphatic carboxylic acids is 1. The van der Waals surface area contributed by atoms with Crippen LogP contribution >= 0.6 is 23.2 Å². The van der Waals surface area contributed by atoms with Gasteiger partial charge in [0.2, 0.25) is 10.0 Å². The van der Waals surface area contributed by atoms with Gasteiger partial charge in [-0.25, -0.2) is 13.1 Å². The molecule has 2 N–H and O–H groups in total. The zero-order valence-electron chi connectivity index (χ0n) is 10.1. The van der Waals surface area contributed by atoms with Gasteiger partial charge in [-0.3, -0.25) is 4.79 Å². The molecule has 5 nitrogen and oxygen atoms in total. The Kier molecular flexibility index (Phi) is 5.61. The standard InChI is InChI=1S/C11H13Cl2NO4S/c1-7(5-10(15)16)6-14-19(17,18)11-8(12)3-2-4-9(11)13/h2-4,7,14H,5-6H2,1H3,(H,15,16). The zero-order valence-corrected chi connectivity index (χ0v) is 12.4. The Hall–Kier alpha value is -0.820. The summed E-state index contributed by atoms with van der Waals surface area (Å²) >= 11 is 11.6. The molecule has 19 heavy (non-hydrogen) atoms. The lowest BCUT2D eigenvalue weighted by molar-refractivity contribution is -0.137. The minimum absolute atomic E-state index is 0.00378. The molecule has 1 aromatic rings. The van der Waals surface area contributed by atoms with E-state index in [1.807, 2.05) is 0 Å². The van der Waals surface area contributed by atoms with Crippen molar-refractivity contribution in [3.63, 3.8) is 0 Å². The van der Waals surface area contributed by atoms with Crippen molar-refractivity contribution in [2.45, 2.75) is 18.2 Å². The van der Waals surface area contributed by atoms with Crippen LogP contribution in [0.3, 0.4) is 0 Å². The highest BCUT2D eigenvalue weighted by atomic mass is 35.5. The first kappa shape index (κ1) is 16.2. The van der Waals surface area contributed by atoms with Crippen molar-refractivity contribution in [3.05, 3.63) is 28.2 Å². The van der Waals surface area contributed by atoms with E-state index in [0.29, 0.717) is 0 Å². The van der Waals surface area contributed by atoms with Crippen LogP contribution in [-0.2, 0) is 14.8 Å². The van der Waals surface area contributed by atoms with Gasteiger partial charge in [0, 0.05) is 13.0 Å². The van der Waals surface area contributed by atoms with E-state index in [2.05, 4.69) is 4.72 Å². The summed E-state index contributed by atoms with van der Waals surface area (Å²) in [6.07, 6.45) is -0.126. The first-order valence-corrected chi connectivity index (χ1v) is 7.63. The van der Waals surface area contributed by atoms with Crippen LogP contribution in [0.15, 0.2) is 23.1 Å². The maximum atomic E-state index is 12.0. The lowest BCUT2D eigenvalue weighted by atomic mass is 10.1. The molecule has 1 rings (SSSR count). The maximum absolute atomic E-state index is 12.0. The second-order valence-corrected chi connectivity index (χ2v) is 6.62. The summed E-state index contributed by atoms with van der Waals surface area (Å²) in [5.74, 6) is -1.32. The van der Waals surface area contributed by atoms with Crippen molar-refractivity contribution in [2.24, 2.45) is 5.92 Å². The third-order valence-electron chi connectivity index (χ3n) is 2.33. The average molecular weight is 326 g/mol. The fraction of sp³-hybridized carbons (Fsp3) is 0.364. The van der Waals surface area contributed by atoms with Crippen LogP contribution in [0.2, 0.25) is 10.0 Å². The Morgan fingerprint density at radius 3 is 2.37 bits per heavy atom. The first-order valence-electron chi connectivity index (χ1n) is 5.39. The minimum Gasteiger partial charge on any atom is -0.481 e. The molecule has 0 spiro atoms. The number of rotatable bonds is 6. The molecule has 0 heterocycles. The van der Waals surface area contributed by atoms with Crippen molar-refractivity contribution in [2.75, 3.05) is 6.54 Å². The zero-order chi connectivity index (χ0) is 14.6. The maximum Gasteiger partial charge on any atom is 0.303 e. The van der Waals surface area contributed by atoms with Gasteiger partial charge in [0.25, 0.3) is 0 Å². The fourth-order valence-electron chi connectivity index (χ4n) is 1.43. The first-order chi connectivity index (χ1) is 8.74. The van der Waals surface area contributed by atoms with E-state index in [1.165, 1.54) is 18.2 Å². The molecule has 0 aliphatic rings. The molecule has 8 heteroatoms. The van der Waals surface area contributed by atoms with E-state index >= 15 is 0 Å². The van der Waals surface area contributed by atoms with Crippen LogP contribution in [0.5, 0.6) is 0 Å². The van der Waals surface area contributed by atoms with Gasteiger partial charge in [0.05, 0.1) is 10.0 Å². The van der Waals surface area contributed by atoms with E-state index in [4.69, 9.17) is 28.3 Å². The summed E-state index contributed by atoms with van der Waals surface area (Å²) in [6.45, 7) is 1.63. The number of carboxylic acids is 1. The Balaban J connectivity index is 2.85. The molecule has 1 aromatic carbocycles. The number of hydrogen-bond donors (Lipinski definition) is 2. The normalized spacial score (nSPS) is 13.2. The van der Waals surface area contributed by atoms with Crippen LogP contribution in [0.25, 0.3) is 0 Å². The fourth-order valence-corrected chi connectivity index (χ4v) is 3.74. The minimum atomic E-state index is -3.86. The van der Waals surface area contributed by atoms with E-state index in [-0.39, 0.29) is 33.8 Å². The molecule has 0 aromatic heterocycles. The van der Waals surface area contributed by atoms with Gasteiger partial charge in [-0.2, -0.15) is 0 Å². The Morgan fingerprint density at radius 2 is 1.89 bits per heavy atom. The molecule has 0 aliphatic carbocycles. The lowest BCUT2D eigenvalue weighted by Gasteiger charge is -2.12. The van der Waals surface area contributed by atoms with E-state index in [1.54, 1.807) is 6.92 Å². The average Bonchev–Trinajstić information content (AvgIpc) is 2.25. The highest BCUT2D eigenvalue weighted by Gasteiger charge is 2.22. The van der Waals surface area contributed by atoms with Gasteiger partial charge >= 0.3 is 5.97 Å². The summed E-state index contributed by atoms with van der Waals surface area (Å²) in [5.41, 5.74) is 0. The molecule has 1 unspecified atom stereocenters. The van der Waals surface area contributed by atoms with Crippen LogP contribution in [0.1, 0.15) is 13.3 Å². The summed E-state index contributed by atoms with van der Waals surface area (Å²) in [6, 6.07) is 4.38. The second kappa shape index (κ2) is 6.56. The predicted octanol–water partition coefficient (Wildman–Crippen LogP) is 2.38. The van der Waals surface area contributed by atoms with Gasteiger partial charge in [0.15, 0.2) is 0 Å². The van der Waals surface area contributed by atoms with Crippen molar-refractivity contribution in [1.29, 1.82) is 0 Å². The Morgan fingerprint density at radius 1 is 1.37 bits per heavy atom. The van der Waals surface area contributed by atoms with Gasteiger partial charge in [-0.1, -0.05) is 36.2 Å². The molecular formula is C11H13Cl2NO4S. The summed E-state index contributed by atoms with van der Waals surface area (Å²) in [5, 5.41) is 8.64. The molecule has 0 aliphatic heterocycles. The van der Waals surface area contributed by atoms with Crippen molar-refractivity contribution < 1.29 is 18.3 Å². The topological polar surface area (TPSA) is 83.5 Å². The van der Waals surface area contributed by atoms with Crippen molar-refractivity contribution >= 4 is 39.2 Å².